The molecule has 1 aromatic heterocycles. The highest BCUT2D eigenvalue weighted by molar-refractivity contribution is 5.64. The molecule has 8 nitrogen and oxygen atoms in total. The number of nitrogens with two attached hydrogens (primary N) is 1. The fraction of sp³-hybridized carbons (Fsp3) is 0.667. The minimum atomic E-state index is -1.17. The van der Waals surface area contributed by atoms with E-state index in [2.05, 4.69) is 15.5 Å². The van der Waals surface area contributed by atoms with Crippen LogP contribution in [0.1, 0.15) is 37.7 Å². The molecule has 1 heterocycles. The summed E-state index contributed by atoms with van der Waals surface area (Å²) < 4.78 is 5.23. The molecule has 5 N–H and O–H groups in total. The number of aliphatic hydroxyl groups is 1. The molecule has 0 bridgehead atoms. The maximum Gasteiger partial charge on any atom is 0.405 e. The van der Waals surface area contributed by atoms with Crippen molar-refractivity contribution in [2.45, 2.75) is 25.9 Å². The maximum atomic E-state index is 10.6. The zero-order chi connectivity index (χ0) is 13.0. The van der Waals surface area contributed by atoms with Gasteiger partial charge in [0.1, 0.15) is 12.1 Å². The highest BCUT2D eigenvalue weighted by Gasteiger charge is 2.25. The van der Waals surface area contributed by atoms with Gasteiger partial charge in [0.15, 0.2) is 0 Å². The maximum absolute atomic E-state index is 10.6. The molecule has 0 aliphatic carbocycles. The summed E-state index contributed by atoms with van der Waals surface area (Å²) >= 11 is 0. The van der Waals surface area contributed by atoms with Crippen LogP contribution in [0, 0.1) is 5.92 Å². The molecule has 1 amide bonds. The first-order chi connectivity index (χ1) is 7.95. The van der Waals surface area contributed by atoms with Gasteiger partial charge in [-0.05, 0) is 5.92 Å². The highest BCUT2D eigenvalue weighted by atomic mass is 16.4. The molecule has 1 aromatic rings. The molecule has 2 atom stereocenters. The molecule has 1 rings (SSSR count). The number of amides is 1. The van der Waals surface area contributed by atoms with E-state index < -0.39 is 18.2 Å². The van der Waals surface area contributed by atoms with Gasteiger partial charge in [-0.2, -0.15) is 0 Å². The first kappa shape index (κ1) is 13.4. The minimum Gasteiger partial charge on any atom is -0.465 e. The third-order valence-electron chi connectivity index (χ3n) is 2.18. The van der Waals surface area contributed by atoms with Gasteiger partial charge in [0.2, 0.25) is 11.8 Å². The van der Waals surface area contributed by atoms with Gasteiger partial charge < -0.3 is 25.7 Å². The molecule has 0 unspecified atom stereocenters. The quantitative estimate of drug-likeness (QED) is 0.573. The standard InChI is InChI=1S/C9H16N4O4/c1-4(2)6(11-9(15)16)8-13-12-7(17-8)5(10)3-14/h4-6,11,14H,3,10H2,1-2H3,(H,15,16)/t5-,6-/m0/s1. The molecule has 0 aliphatic rings. The third kappa shape index (κ3) is 3.40. The van der Waals surface area contributed by atoms with Crippen molar-refractivity contribution in [3.05, 3.63) is 11.8 Å². The van der Waals surface area contributed by atoms with Crippen LogP contribution >= 0.6 is 0 Å². The SMILES string of the molecule is CC(C)[C@H](NC(=O)O)c1nnc([C@@H](N)CO)o1. The van der Waals surface area contributed by atoms with Gasteiger partial charge in [-0.1, -0.05) is 13.8 Å². The normalized spacial score (nSPS) is 14.6. The van der Waals surface area contributed by atoms with Crippen molar-refractivity contribution in [3.63, 3.8) is 0 Å². The van der Waals surface area contributed by atoms with Crippen LogP contribution in [0.5, 0.6) is 0 Å². The van der Waals surface area contributed by atoms with Crippen LogP contribution in [0.25, 0.3) is 0 Å². The van der Waals surface area contributed by atoms with Crippen LogP contribution in [0.3, 0.4) is 0 Å². The number of hydrogen-bond acceptors (Lipinski definition) is 6. The molecule has 0 saturated heterocycles. The Morgan fingerprint density at radius 2 is 2.06 bits per heavy atom. The molecular formula is C9H16N4O4. The number of nitrogens with zero attached hydrogens (tertiary/aromatic N) is 2. The van der Waals surface area contributed by atoms with E-state index >= 15 is 0 Å². The summed E-state index contributed by atoms with van der Waals surface area (Å²) in [5, 5.41) is 27.2. The molecule has 0 saturated carbocycles. The van der Waals surface area contributed by atoms with Gasteiger partial charge >= 0.3 is 6.09 Å². The number of nitrogens with one attached hydrogen (secondary N) is 1. The fourth-order valence-corrected chi connectivity index (χ4v) is 1.25. The van der Waals surface area contributed by atoms with Crippen LogP contribution in [0.15, 0.2) is 4.42 Å². The van der Waals surface area contributed by atoms with Crippen molar-refractivity contribution in [1.82, 2.24) is 15.5 Å². The molecule has 96 valence electrons. The van der Waals surface area contributed by atoms with Crippen molar-refractivity contribution >= 4 is 6.09 Å². The number of carboxylic acid groups (broad SMARTS) is 1. The van der Waals surface area contributed by atoms with Crippen molar-refractivity contribution < 1.29 is 19.4 Å². The fourth-order valence-electron chi connectivity index (χ4n) is 1.25. The molecule has 0 radical (unpaired) electrons. The van der Waals surface area contributed by atoms with E-state index in [0.29, 0.717) is 0 Å². The number of hydrogen-bond donors (Lipinski definition) is 4. The largest absolute Gasteiger partial charge is 0.465 e. The number of rotatable bonds is 5. The second kappa shape index (κ2) is 5.60. The summed E-state index contributed by atoms with van der Waals surface area (Å²) in [7, 11) is 0. The Bertz CT molecular complexity index is 379. The average molecular weight is 244 g/mol. The predicted octanol–water partition coefficient (Wildman–Crippen LogP) is 0.0264. The Morgan fingerprint density at radius 1 is 1.47 bits per heavy atom. The molecule has 8 heteroatoms. The molecule has 0 aliphatic heterocycles. The molecule has 0 spiro atoms. The lowest BCUT2D eigenvalue weighted by molar-refractivity contribution is 0.180. The van der Waals surface area contributed by atoms with Crippen LogP contribution < -0.4 is 11.1 Å². The van der Waals surface area contributed by atoms with E-state index in [4.69, 9.17) is 20.4 Å². The average Bonchev–Trinajstić information content (AvgIpc) is 2.73. The Balaban J connectivity index is 2.88. The lowest BCUT2D eigenvalue weighted by Crippen LogP contribution is -2.30. The van der Waals surface area contributed by atoms with Gasteiger partial charge in [0, 0.05) is 0 Å². The first-order valence-corrected chi connectivity index (χ1v) is 5.15. The van der Waals surface area contributed by atoms with Crippen LogP contribution in [0.2, 0.25) is 0 Å². The molecule has 17 heavy (non-hydrogen) atoms. The lowest BCUT2D eigenvalue weighted by atomic mass is 10.1. The molecule has 0 aromatic carbocycles. The third-order valence-corrected chi connectivity index (χ3v) is 2.18. The number of aliphatic hydroxyl groups excluding tert-OH is 1. The van der Waals surface area contributed by atoms with Crippen molar-refractivity contribution in [3.8, 4) is 0 Å². The number of carbonyl (C=O) groups is 1. The molecule has 0 fully saturated rings. The van der Waals surface area contributed by atoms with E-state index in [1.54, 1.807) is 0 Å². The van der Waals surface area contributed by atoms with Crippen molar-refractivity contribution in [1.29, 1.82) is 0 Å². The summed E-state index contributed by atoms with van der Waals surface area (Å²) in [6.07, 6.45) is -1.17. The van der Waals surface area contributed by atoms with Crippen LogP contribution in [-0.2, 0) is 0 Å². The van der Waals surface area contributed by atoms with E-state index in [9.17, 15) is 4.79 Å². The summed E-state index contributed by atoms with van der Waals surface area (Å²) in [6, 6.07) is -1.35. The monoisotopic (exact) mass is 244 g/mol. The second-order valence-corrected chi connectivity index (χ2v) is 3.94. The number of aromatic nitrogens is 2. The van der Waals surface area contributed by atoms with E-state index in [1.165, 1.54) is 0 Å². The van der Waals surface area contributed by atoms with Gasteiger partial charge in [0.05, 0.1) is 6.61 Å². The Kier molecular flexibility index (Phi) is 4.41. The second-order valence-electron chi connectivity index (χ2n) is 3.94. The van der Waals surface area contributed by atoms with Crippen LogP contribution in [-0.4, -0.2) is 33.1 Å². The minimum absolute atomic E-state index is 0.0512. The lowest BCUT2D eigenvalue weighted by Gasteiger charge is -2.16. The topological polar surface area (TPSA) is 134 Å². The van der Waals surface area contributed by atoms with Crippen molar-refractivity contribution in [2.75, 3.05) is 6.61 Å². The van der Waals surface area contributed by atoms with E-state index in [1.807, 2.05) is 13.8 Å². The Morgan fingerprint density at radius 3 is 2.53 bits per heavy atom. The smallest absolute Gasteiger partial charge is 0.405 e. The van der Waals surface area contributed by atoms with E-state index in [-0.39, 0.29) is 24.3 Å². The van der Waals surface area contributed by atoms with E-state index in [0.717, 1.165) is 0 Å². The highest BCUT2D eigenvalue weighted by Crippen LogP contribution is 2.21. The van der Waals surface area contributed by atoms with Crippen molar-refractivity contribution in [2.24, 2.45) is 11.7 Å². The van der Waals surface area contributed by atoms with Crippen LogP contribution in [0.4, 0.5) is 4.79 Å². The Hall–Kier alpha value is -1.67. The zero-order valence-corrected chi connectivity index (χ0v) is 9.62. The summed E-state index contributed by atoms with van der Waals surface area (Å²) in [4.78, 5) is 10.6. The van der Waals surface area contributed by atoms with Gasteiger partial charge in [-0.3, -0.25) is 0 Å². The summed E-state index contributed by atoms with van der Waals surface area (Å²) in [5.74, 6) is 0.173. The zero-order valence-electron chi connectivity index (χ0n) is 9.62. The predicted molar refractivity (Wildman–Crippen MR) is 57.1 cm³/mol. The van der Waals surface area contributed by atoms with Gasteiger partial charge in [-0.25, -0.2) is 4.79 Å². The molecular weight excluding hydrogens is 228 g/mol. The summed E-state index contributed by atoms with van der Waals surface area (Å²) in [5.41, 5.74) is 5.50. The summed E-state index contributed by atoms with van der Waals surface area (Å²) in [6.45, 7) is 3.31. The van der Waals surface area contributed by atoms with Gasteiger partial charge in [0.25, 0.3) is 0 Å². The first-order valence-electron chi connectivity index (χ1n) is 5.15. The Labute approximate surface area is 97.8 Å². The van der Waals surface area contributed by atoms with Gasteiger partial charge in [-0.15, -0.1) is 10.2 Å².